The van der Waals surface area contributed by atoms with Gasteiger partial charge in [-0.15, -0.1) is 0 Å². The Labute approximate surface area is 121 Å². The number of para-hydroxylation sites is 2. The highest BCUT2D eigenvalue weighted by Crippen LogP contribution is 2.16. The summed E-state index contributed by atoms with van der Waals surface area (Å²) in [7, 11) is 0. The van der Waals surface area contributed by atoms with E-state index < -0.39 is 0 Å². The molecule has 0 aliphatic carbocycles. The fourth-order valence-corrected chi connectivity index (χ4v) is 1.99. The molecule has 0 saturated heterocycles. The van der Waals surface area contributed by atoms with E-state index in [1.807, 2.05) is 42.6 Å². The Bertz CT molecular complexity index is 787. The number of hydrogen-bond acceptors (Lipinski definition) is 3. The topological polar surface area (TPSA) is 72.4 Å². The molecule has 21 heavy (non-hydrogen) atoms. The van der Waals surface area contributed by atoms with Crippen LogP contribution in [0, 0.1) is 0 Å². The molecule has 2 aromatic heterocycles. The second-order valence-corrected chi connectivity index (χ2v) is 4.55. The van der Waals surface area contributed by atoms with E-state index in [2.05, 4.69) is 10.4 Å². The van der Waals surface area contributed by atoms with Crippen LogP contribution in [0.4, 0.5) is 11.4 Å². The highest BCUT2D eigenvalue weighted by atomic mass is 16.1. The maximum Gasteiger partial charge on any atom is 0.248 e. The number of pyridine rings is 1. The highest BCUT2D eigenvalue weighted by Gasteiger charge is 2.02. The number of anilines is 2. The van der Waals surface area contributed by atoms with Gasteiger partial charge in [-0.2, -0.15) is 5.10 Å². The van der Waals surface area contributed by atoms with Crippen LogP contribution in [0.15, 0.2) is 60.8 Å². The molecule has 5 heteroatoms. The number of benzene rings is 1. The van der Waals surface area contributed by atoms with E-state index in [4.69, 9.17) is 5.73 Å². The molecule has 0 saturated carbocycles. The van der Waals surface area contributed by atoms with Gasteiger partial charge in [0.25, 0.3) is 0 Å². The van der Waals surface area contributed by atoms with Crippen LogP contribution in [0.5, 0.6) is 0 Å². The zero-order valence-corrected chi connectivity index (χ0v) is 11.2. The average molecular weight is 278 g/mol. The first kappa shape index (κ1) is 12.9. The normalized spacial score (nSPS) is 11.0. The van der Waals surface area contributed by atoms with Crippen molar-refractivity contribution in [1.82, 2.24) is 9.61 Å². The van der Waals surface area contributed by atoms with Crippen molar-refractivity contribution in [3.63, 3.8) is 0 Å². The lowest BCUT2D eigenvalue weighted by Crippen LogP contribution is -2.09. The molecule has 3 rings (SSSR count). The summed E-state index contributed by atoms with van der Waals surface area (Å²) >= 11 is 0. The molecule has 0 aliphatic rings. The van der Waals surface area contributed by atoms with Crippen LogP contribution in [-0.2, 0) is 4.79 Å². The van der Waals surface area contributed by atoms with Crippen LogP contribution in [0.3, 0.4) is 0 Å². The molecule has 3 N–H and O–H groups in total. The molecule has 1 aromatic carbocycles. The van der Waals surface area contributed by atoms with Gasteiger partial charge in [0.1, 0.15) is 0 Å². The Hall–Kier alpha value is -3.08. The van der Waals surface area contributed by atoms with E-state index in [9.17, 15) is 4.79 Å². The average Bonchev–Trinajstić information content (AvgIpc) is 2.90. The van der Waals surface area contributed by atoms with E-state index in [0.29, 0.717) is 11.4 Å². The number of nitrogens with two attached hydrogens (primary N) is 1. The first-order valence-electron chi connectivity index (χ1n) is 6.50. The molecule has 0 radical (unpaired) electrons. The minimum Gasteiger partial charge on any atom is -0.397 e. The Morgan fingerprint density at radius 2 is 2.00 bits per heavy atom. The fourth-order valence-electron chi connectivity index (χ4n) is 1.99. The van der Waals surface area contributed by atoms with Crippen LogP contribution >= 0.6 is 0 Å². The van der Waals surface area contributed by atoms with Crippen molar-refractivity contribution >= 4 is 28.9 Å². The summed E-state index contributed by atoms with van der Waals surface area (Å²) in [4.78, 5) is 11.9. The summed E-state index contributed by atoms with van der Waals surface area (Å²) in [5.41, 5.74) is 8.60. The van der Waals surface area contributed by atoms with E-state index in [0.717, 1.165) is 11.2 Å². The fraction of sp³-hybridized carbons (Fsp3) is 0. The third-order valence-electron chi connectivity index (χ3n) is 3.01. The first-order valence-corrected chi connectivity index (χ1v) is 6.50. The van der Waals surface area contributed by atoms with Crippen molar-refractivity contribution in [2.45, 2.75) is 0 Å². The smallest absolute Gasteiger partial charge is 0.248 e. The van der Waals surface area contributed by atoms with Crippen LogP contribution in [-0.4, -0.2) is 15.5 Å². The molecule has 0 bridgehead atoms. The summed E-state index contributed by atoms with van der Waals surface area (Å²) in [6.07, 6.45) is 4.97. The van der Waals surface area contributed by atoms with Gasteiger partial charge in [0, 0.05) is 12.3 Å². The molecular weight excluding hydrogens is 264 g/mol. The summed E-state index contributed by atoms with van der Waals surface area (Å²) in [6, 6.07) is 14.8. The number of nitrogens with zero attached hydrogens (tertiary/aromatic N) is 2. The molecule has 1 amide bonds. The first-order chi connectivity index (χ1) is 10.2. The zero-order chi connectivity index (χ0) is 14.7. The third-order valence-corrected chi connectivity index (χ3v) is 3.01. The lowest BCUT2D eigenvalue weighted by molar-refractivity contribution is -0.111. The van der Waals surface area contributed by atoms with Crippen LogP contribution < -0.4 is 11.1 Å². The second kappa shape index (κ2) is 5.50. The van der Waals surface area contributed by atoms with Crippen molar-refractivity contribution in [3.8, 4) is 0 Å². The van der Waals surface area contributed by atoms with E-state index >= 15 is 0 Å². The molecule has 104 valence electrons. The monoisotopic (exact) mass is 278 g/mol. The summed E-state index contributed by atoms with van der Waals surface area (Å²) < 4.78 is 1.76. The predicted octanol–water partition coefficient (Wildman–Crippen LogP) is 2.57. The maximum absolute atomic E-state index is 11.9. The SMILES string of the molecule is Nc1ccccc1NC(=O)/C=C/c1cc2ccccn2n1. The van der Waals surface area contributed by atoms with Gasteiger partial charge in [-0.3, -0.25) is 4.79 Å². The van der Waals surface area contributed by atoms with Crippen molar-refractivity contribution in [2.75, 3.05) is 11.1 Å². The Kier molecular flexibility index (Phi) is 3.39. The molecule has 0 atom stereocenters. The molecule has 2 heterocycles. The predicted molar refractivity (Wildman–Crippen MR) is 83.7 cm³/mol. The lowest BCUT2D eigenvalue weighted by Gasteiger charge is -2.04. The second-order valence-electron chi connectivity index (χ2n) is 4.55. The van der Waals surface area contributed by atoms with Gasteiger partial charge in [-0.1, -0.05) is 18.2 Å². The zero-order valence-electron chi connectivity index (χ0n) is 11.2. The molecule has 0 unspecified atom stereocenters. The number of carbonyl (C=O) groups is 1. The number of fused-ring (bicyclic) bond motifs is 1. The van der Waals surface area contributed by atoms with Crippen molar-refractivity contribution in [3.05, 3.63) is 66.5 Å². The van der Waals surface area contributed by atoms with Crippen molar-refractivity contribution in [1.29, 1.82) is 0 Å². The summed E-state index contributed by atoms with van der Waals surface area (Å²) in [5, 5.41) is 7.06. The standard InChI is InChI=1S/C16H14N4O/c17-14-6-1-2-7-15(14)18-16(21)9-8-12-11-13-5-3-4-10-20(13)19-12/h1-11H,17H2,(H,18,21)/b9-8+. The Morgan fingerprint density at radius 3 is 2.81 bits per heavy atom. The number of rotatable bonds is 3. The van der Waals surface area contributed by atoms with Crippen molar-refractivity contribution in [2.24, 2.45) is 0 Å². The maximum atomic E-state index is 11.9. The number of nitrogen functional groups attached to an aromatic ring is 1. The van der Waals surface area contributed by atoms with Gasteiger partial charge in [0.2, 0.25) is 5.91 Å². The molecule has 3 aromatic rings. The van der Waals surface area contributed by atoms with Gasteiger partial charge in [0.15, 0.2) is 0 Å². The molecule has 0 fully saturated rings. The summed E-state index contributed by atoms with van der Waals surface area (Å²) in [5.74, 6) is -0.245. The van der Waals surface area contributed by atoms with Crippen LogP contribution in [0.2, 0.25) is 0 Å². The van der Waals surface area contributed by atoms with Crippen LogP contribution in [0.1, 0.15) is 5.69 Å². The number of amides is 1. The van der Waals surface area contributed by atoms with Gasteiger partial charge < -0.3 is 11.1 Å². The van der Waals surface area contributed by atoms with Gasteiger partial charge in [0.05, 0.1) is 22.6 Å². The Balaban J connectivity index is 1.73. The number of hydrogen-bond donors (Lipinski definition) is 2. The number of aromatic nitrogens is 2. The lowest BCUT2D eigenvalue weighted by atomic mass is 10.2. The van der Waals surface area contributed by atoms with Gasteiger partial charge >= 0.3 is 0 Å². The molecular formula is C16H14N4O. The number of nitrogens with one attached hydrogen (secondary N) is 1. The van der Waals surface area contributed by atoms with E-state index in [1.54, 1.807) is 22.7 Å². The van der Waals surface area contributed by atoms with Crippen LogP contribution in [0.25, 0.3) is 11.6 Å². The Morgan fingerprint density at radius 1 is 1.19 bits per heavy atom. The minimum atomic E-state index is -0.245. The highest BCUT2D eigenvalue weighted by molar-refractivity contribution is 6.03. The van der Waals surface area contributed by atoms with Crippen molar-refractivity contribution < 1.29 is 4.79 Å². The summed E-state index contributed by atoms with van der Waals surface area (Å²) in [6.45, 7) is 0. The molecule has 5 nitrogen and oxygen atoms in total. The molecule has 0 spiro atoms. The quantitative estimate of drug-likeness (QED) is 0.571. The van der Waals surface area contributed by atoms with Gasteiger partial charge in [-0.05, 0) is 36.4 Å². The third kappa shape index (κ3) is 2.92. The van der Waals surface area contributed by atoms with E-state index in [1.165, 1.54) is 6.08 Å². The van der Waals surface area contributed by atoms with Gasteiger partial charge in [-0.25, -0.2) is 4.52 Å². The molecule has 0 aliphatic heterocycles. The largest absolute Gasteiger partial charge is 0.397 e. The minimum absolute atomic E-state index is 0.245. The van der Waals surface area contributed by atoms with E-state index in [-0.39, 0.29) is 5.91 Å². The number of carbonyl (C=O) groups excluding carboxylic acids is 1.